The van der Waals surface area contributed by atoms with Crippen LogP contribution in [0.3, 0.4) is 0 Å². The molecule has 25 heavy (non-hydrogen) atoms. The number of carbonyl (C=O) groups is 2. The highest BCUT2D eigenvalue weighted by Gasteiger charge is 2.34. The first-order chi connectivity index (χ1) is 11.4. The molecule has 0 aliphatic heterocycles. The number of ether oxygens (including phenoxy) is 2. The third kappa shape index (κ3) is 6.21. The maximum atomic E-state index is 12.6. The number of anilines is 2. The Hall–Kier alpha value is -2.38. The number of hydrogen-bond acceptors (Lipinski definition) is 7. The number of amides is 2. The summed E-state index contributed by atoms with van der Waals surface area (Å²) in [5.74, 6) is 0.645. The summed E-state index contributed by atoms with van der Waals surface area (Å²) in [5.41, 5.74) is -1.53. The summed E-state index contributed by atoms with van der Waals surface area (Å²) in [4.78, 5) is 34.1. The fourth-order valence-corrected chi connectivity index (χ4v) is 1.86. The van der Waals surface area contributed by atoms with E-state index in [-0.39, 0.29) is 5.82 Å². The van der Waals surface area contributed by atoms with E-state index >= 15 is 0 Å². The van der Waals surface area contributed by atoms with E-state index in [4.69, 9.17) is 9.47 Å². The summed E-state index contributed by atoms with van der Waals surface area (Å²) in [6, 6.07) is 1.91. The standard InChI is InChI=1S/C17H26N4O4/c1-16(2,3)24-14(22)21(15(23)25-17(4,5)6)13-9-12(18-10-19-13)20-11-7-8-11/h9-11H,7-8H2,1-6H3,(H,18,19,20). The molecule has 2 amide bonds. The average molecular weight is 350 g/mol. The first-order valence-corrected chi connectivity index (χ1v) is 8.29. The van der Waals surface area contributed by atoms with Gasteiger partial charge in [-0.05, 0) is 54.4 Å². The number of nitrogens with zero attached hydrogens (tertiary/aromatic N) is 3. The van der Waals surface area contributed by atoms with Gasteiger partial charge >= 0.3 is 12.2 Å². The lowest BCUT2D eigenvalue weighted by Gasteiger charge is -2.28. The highest BCUT2D eigenvalue weighted by Crippen LogP contribution is 2.26. The maximum Gasteiger partial charge on any atom is 0.425 e. The summed E-state index contributed by atoms with van der Waals surface area (Å²) >= 11 is 0. The van der Waals surface area contributed by atoms with Crippen molar-refractivity contribution in [2.24, 2.45) is 0 Å². The summed E-state index contributed by atoms with van der Waals surface area (Å²) in [6.45, 7) is 10.3. The third-order valence-corrected chi connectivity index (χ3v) is 2.96. The molecule has 1 aliphatic rings. The van der Waals surface area contributed by atoms with Crippen LogP contribution in [0.2, 0.25) is 0 Å². The van der Waals surface area contributed by atoms with Crippen molar-refractivity contribution in [3.05, 3.63) is 12.4 Å². The van der Waals surface area contributed by atoms with Gasteiger partial charge in [-0.25, -0.2) is 19.6 Å². The molecule has 1 N–H and O–H groups in total. The summed E-state index contributed by atoms with van der Waals surface area (Å²) in [6.07, 6.45) is 1.74. The zero-order valence-corrected chi connectivity index (χ0v) is 15.6. The molecule has 8 heteroatoms. The first-order valence-electron chi connectivity index (χ1n) is 8.29. The number of aromatic nitrogens is 2. The monoisotopic (exact) mass is 350 g/mol. The van der Waals surface area contributed by atoms with Crippen molar-refractivity contribution in [2.45, 2.75) is 71.6 Å². The van der Waals surface area contributed by atoms with Crippen LogP contribution in [0.4, 0.5) is 21.2 Å². The van der Waals surface area contributed by atoms with Gasteiger partial charge in [0.15, 0.2) is 5.82 Å². The largest absolute Gasteiger partial charge is 0.443 e. The molecule has 1 heterocycles. The fourth-order valence-electron chi connectivity index (χ4n) is 1.86. The molecule has 8 nitrogen and oxygen atoms in total. The van der Waals surface area contributed by atoms with Gasteiger partial charge in [0, 0.05) is 12.1 Å². The van der Waals surface area contributed by atoms with Crippen LogP contribution >= 0.6 is 0 Å². The van der Waals surface area contributed by atoms with Crippen LogP contribution in [0.1, 0.15) is 54.4 Å². The molecule has 1 saturated carbocycles. The molecule has 0 atom stereocenters. The highest BCUT2D eigenvalue weighted by atomic mass is 16.6. The summed E-state index contributed by atoms with van der Waals surface area (Å²) in [5, 5.41) is 3.20. The van der Waals surface area contributed by atoms with Gasteiger partial charge in [-0.2, -0.15) is 4.90 Å². The quantitative estimate of drug-likeness (QED) is 0.887. The molecule has 138 valence electrons. The van der Waals surface area contributed by atoms with Crippen molar-refractivity contribution in [3.63, 3.8) is 0 Å². The minimum absolute atomic E-state index is 0.0988. The molecule has 0 bridgehead atoms. The highest BCUT2D eigenvalue weighted by molar-refractivity contribution is 6.08. The zero-order valence-electron chi connectivity index (χ0n) is 15.6. The number of imide groups is 1. The topological polar surface area (TPSA) is 93.7 Å². The first kappa shape index (κ1) is 19.0. The second-order valence-electron chi connectivity index (χ2n) is 7.98. The average Bonchev–Trinajstić information content (AvgIpc) is 3.18. The number of rotatable bonds is 3. The van der Waals surface area contributed by atoms with E-state index < -0.39 is 23.4 Å². The molecule has 1 aromatic rings. The molecule has 2 rings (SSSR count). The van der Waals surface area contributed by atoms with Crippen LogP contribution in [0.5, 0.6) is 0 Å². The molecule has 0 unspecified atom stereocenters. The fraction of sp³-hybridized carbons (Fsp3) is 0.647. The maximum absolute atomic E-state index is 12.6. The van der Waals surface area contributed by atoms with Crippen LogP contribution in [-0.4, -0.2) is 39.4 Å². The number of hydrogen-bond donors (Lipinski definition) is 1. The molecule has 1 aliphatic carbocycles. The molecule has 1 aromatic heterocycles. The van der Waals surface area contributed by atoms with Gasteiger partial charge in [-0.15, -0.1) is 0 Å². The third-order valence-electron chi connectivity index (χ3n) is 2.96. The van der Waals surface area contributed by atoms with Crippen LogP contribution in [0, 0.1) is 0 Å². The van der Waals surface area contributed by atoms with Gasteiger partial charge in [-0.3, -0.25) is 0 Å². The predicted octanol–water partition coefficient (Wildman–Crippen LogP) is 3.73. The summed E-state index contributed by atoms with van der Waals surface area (Å²) in [7, 11) is 0. The zero-order chi connectivity index (χ0) is 18.8. The number of nitrogens with one attached hydrogen (secondary N) is 1. The Morgan fingerprint density at radius 2 is 1.56 bits per heavy atom. The van der Waals surface area contributed by atoms with Crippen molar-refractivity contribution >= 4 is 23.8 Å². The van der Waals surface area contributed by atoms with Crippen molar-refractivity contribution in [1.29, 1.82) is 0 Å². The van der Waals surface area contributed by atoms with E-state index in [9.17, 15) is 9.59 Å². The van der Waals surface area contributed by atoms with E-state index in [0.29, 0.717) is 11.9 Å². The molecule has 0 saturated heterocycles. The van der Waals surface area contributed by atoms with Crippen molar-refractivity contribution in [3.8, 4) is 0 Å². The minimum atomic E-state index is -0.849. The van der Waals surface area contributed by atoms with Gasteiger partial charge in [0.05, 0.1) is 0 Å². The van der Waals surface area contributed by atoms with Crippen molar-refractivity contribution < 1.29 is 19.1 Å². The van der Waals surface area contributed by atoms with Crippen LogP contribution in [0.15, 0.2) is 12.4 Å². The second kappa shape index (κ2) is 6.85. The second-order valence-corrected chi connectivity index (χ2v) is 7.98. The molecule has 0 aromatic carbocycles. The van der Waals surface area contributed by atoms with E-state index in [1.165, 1.54) is 12.4 Å². The lowest BCUT2D eigenvalue weighted by molar-refractivity contribution is 0.0429. The Kier molecular flexibility index (Phi) is 5.20. The van der Waals surface area contributed by atoms with Gasteiger partial charge in [-0.1, -0.05) is 0 Å². The molecular weight excluding hydrogens is 324 g/mol. The van der Waals surface area contributed by atoms with Crippen LogP contribution < -0.4 is 10.2 Å². The van der Waals surface area contributed by atoms with E-state index in [0.717, 1.165) is 17.7 Å². The van der Waals surface area contributed by atoms with Crippen LogP contribution in [-0.2, 0) is 9.47 Å². The van der Waals surface area contributed by atoms with Crippen LogP contribution in [0.25, 0.3) is 0 Å². The van der Waals surface area contributed by atoms with Crippen molar-refractivity contribution in [1.82, 2.24) is 9.97 Å². The molecular formula is C17H26N4O4. The Labute approximate surface area is 147 Å². The van der Waals surface area contributed by atoms with Gasteiger partial charge in [0.1, 0.15) is 23.3 Å². The van der Waals surface area contributed by atoms with E-state index in [1.807, 2.05) is 0 Å². The van der Waals surface area contributed by atoms with Gasteiger partial charge in [0.2, 0.25) is 0 Å². The molecule has 0 radical (unpaired) electrons. The molecule has 0 spiro atoms. The van der Waals surface area contributed by atoms with Gasteiger partial charge in [0.25, 0.3) is 0 Å². The summed E-state index contributed by atoms with van der Waals surface area (Å²) < 4.78 is 10.7. The minimum Gasteiger partial charge on any atom is -0.443 e. The normalized spacial score (nSPS) is 14.6. The lowest BCUT2D eigenvalue weighted by atomic mass is 10.2. The Morgan fingerprint density at radius 3 is 2.00 bits per heavy atom. The Bertz CT molecular complexity index is 617. The lowest BCUT2D eigenvalue weighted by Crippen LogP contribution is -2.44. The van der Waals surface area contributed by atoms with Crippen molar-refractivity contribution in [2.75, 3.05) is 10.2 Å². The number of carbonyl (C=O) groups excluding carboxylic acids is 2. The van der Waals surface area contributed by atoms with E-state index in [2.05, 4.69) is 15.3 Å². The predicted molar refractivity (Wildman–Crippen MR) is 93.6 cm³/mol. The smallest absolute Gasteiger partial charge is 0.425 e. The molecule has 1 fully saturated rings. The Balaban J connectivity index is 2.29. The Morgan fingerprint density at radius 1 is 1.04 bits per heavy atom. The van der Waals surface area contributed by atoms with Gasteiger partial charge < -0.3 is 14.8 Å². The SMILES string of the molecule is CC(C)(C)OC(=O)N(C(=O)OC(C)(C)C)c1cc(NC2CC2)ncn1. The van der Waals surface area contributed by atoms with E-state index in [1.54, 1.807) is 41.5 Å².